The van der Waals surface area contributed by atoms with Gasteiger partial charge in [-0.3, -0.25) is 9.48 Å². The highest BCUT2D eigenvalue weighted by atomic mass is 31.2. The second kappa shape index (κ2) is 8.19. The maximum Gasteiger partial charge on any atom is 0.271 e. The maximum atomic E-state index is 13.9. The van der Waals surface area contributed by atoms with E-state index in [0.29, 0.717) is 40.1 Å². The molecular weight excluding hydrogens is 441 g/mol. The van der Waals surface area contributed by atoms with Crippen molar-refractivity contribution in [1.82, 2.24) is 20.0 Å². The van der Waals surface area contributed by atoms with E-state index in [1.54, 1.807) is 37.2 Å². The van der Waals surface area contributed by atoms with Crippen LogP contribution in [0.15, 0.2) is 36.5 Å². The number of anilines is 4. The van der Waals surface area contributed by atoms with Crippen molar-refractivity contribution in [2.75, 3.05) is 17.7 Å². The Hall–Kier alpha value is -3.39. The third kappa shape index (κ3) is 4.18. The van der Waals surface area contributed by atoms with Crippen molar-refractivity contribution < 1.29 is 14.1 Å². The Balaban J connectivity index is 1.46. The lowest BCUT2D eigenvalue weighted by Gasteiger charge is -2.20. The van der Waals surface area contributed by atoms with Gasteiger partial charge >= 0.3 is 0 Å². The van der Waals surface area contributed by atoms with E-state index in [1.165, 1.54) is 0 Å². The van der Waals surface area contributed by atoms with Gasteiger partial charge in [-0.05, 0) is 43.9 Å². The van der Waals surface area contributed by atoms with Crippen molar-refractivity contribution in [3.8, 4) is 5.75 Å². The quantitative estimate of drug-likeness (QED) is 0.408. The summed E-state index contributed by atoms with van der Waals surface area (Å²) in [6.45, 7) is 0. The Kier molecular flexibility index (Phi) is 5.32. The zero-order valence-corrected chi connectivity index (χ0v) is 19.4. The number of aryl methyl sites for hydroxylation is 1. The summed E-state index contributed by atoms with van der Waals surface area (Å²) in [5.74, 6) is 0.809. The van der Waals surface area contributed by atoms with E-state index in [9.17, 15) is 9.36 Å². The summed E-state index contributed by atoms with van der Waals surface area (Å²) in [5, 5.41) is 19.4. The number of methoxy groups -OCH3 is 1. The molecule has 0 unspecified atom stereocenters. The minimum absolute atomic E-state index is 0.00525. The molecule has 2 aromatic heterocycles. The Morgan fingerprint density at radius 2 is 1.79 bits per heavy atom. The lowest BCUT2D eigenvalue weighted by Crippen LogP contribution is -2.17. The molecule has 0 spiro atoms. The topological polar surface area (TPSA) is 137 Å². The number of aromatic nitrogens is 4. The van der Waals surface area contributed by atoms with Crippen LogP contribution in [0.25, 0.3) is 0 Å². The molecule has 2 aliphatic rings. The van der Waals surface area contributed by atoms with Crippen LogP contribution in [-0.2, 0) is 11.6 Å². The van der Waals surface area contributed by atoms with Gasteiger partial charge in [-0.2, -0.15) is 5.10 Å². The Labute approximate surface area is 191 Å². The van der Waals surface area contributed by atoms with Crippen LogP contribution in [0.2, 0.25) is 0 Å². The number of carbonyl (C=O) groups excluding carboxylic acids is 1. The van der Waals surface area contributed by atoms with E-state index < -0.39 is 13.0 Å². The molecule has 10 nitrogen and oxygen atoms in total. The highest BCUT2D eigenvalue weighted by Crippen LogP contribution is 2.69. The number of primary amides is 1. The third-order valence-electron chi connectivity index (χ3n) is 6.03. The second-order valence-electron chi connectivity index (χ2n) is 8.54. The predicted octanol–water partition coefficient (Wildman–Crippen LogP) is 3.12. The summed E-state index contributed by atoms with van der Waals surface area (Å²) in [4.78, 5) is 12.0. The van der Waals surface area contributed by atoms with Crippen LogP contribution in [0.3, 0.4) is 0 Å². The van der Waals surface area contributed by atoms with Crippen LogP contribution in [0.4, 0.5) is 23.0 Å². The number of amides is 1. The Bertz CT molecular complexity index is 1250. The molecule has 0 bridgehead atoms. The van der Waals surface area contributed by atoms with E-state index >= 15 is 0 Å². The molecule has 2 saturated carbocycles. The number of nitrogens with zero attached hydrogens (tertiary/aromatic N) is 4. The van der Waals surface area contributed by atoms with Gasteiger partial charge in [0.25, 0.3) is 5.91 Å². The van der Waals surface area contributed by atoms with Crippen molar-refractivity contribution in [1.29, 1.82) is 0 Å². The number of nitrogens with one attached hydrogen (secondary N) is 2. The van der Waals surface area contributed by atoms with Gasteiger partial charge in [-0.1, -0.05) is 0 Å². The molecule has 5 rings (SSSR count). The molecule has 1 amide bonds. The molecule has 33 heavy (non-hydrogen) atoms. The highest BCUT2D eigenvalue weighted by Gasteiger charge is 2.51. The van der Waals surface area contributed by atoms with Gasteiger partial charge in [0, 0.05) is 42.0 Å². The van der Waals surface area contributed by atoms with Gasteiger partial charge in [0.1, 0.15) is 12.9 Å². The summed E-state index contributed by atoms with van der Waals surface area (Å²) < 4.78 is 21.1. The molecule has 2 heterocycles. The van der Waals surface area contributed by atoms with Crippen molar-refractivity contribution in [3.63, 3.8) is 0 Å². The van der Waals surface area contributed by atoms with Crippen LogP contribution in [0, 0.1) is 0 Å². The van der Waals surface area contributed by atoms with Gasteiger partial charge in [-0.15, -0.1) is 10.2 Å². The van der Waals surface area contributed by atoms with Crippen LogP contribution in [0.1, 0.15) is 36.2 Å². The van der Waals surface area contributed by atoms with Crippen LogP contribution < -0.4 is 26.4 Å². The van der Waals surface area contributed by atoms with Gasteiger partial charge in [0.15, 0.2) is 17.3 Å². The minimum atomic E-state index is -2.43. The zero-order valence-electron chi connectivity index (χ0n) is 18.5. The number of hydrogen-bond donors (Lipinski definition) is 3. The molecule has 4 N–H and O–H groups in total. The molecule has 0 radical (unpaired) electrons. The van der Waals surface area contributed by atoms with Crippen LogP contribution >= 0.6 is 7.14 Å². The van der Waals surface area contributed by atoms with E-state index in [1.807, 2.05) is 18.2 Å². The second-order valence-corrected chi connectivity index (χ2v) is 11.9. The molecule has 11 heteroatoms. The first-order valence-electron chi connectivity index (χ1n) is 10.9. The number of hydrogen-bond acceptors (Lipinski definition) is 8. The fraction of sp³-hybridized carbons (Fsp3) is 0.364. The normalized spacial score (nSPS) is 15.8. The first-order valence-corrected chi connectivity index (χ1v) is 12.7. The highest BCUT2D eigenvalue weighted by molar-refractivity contribution is 7.73. The maximum absolute atomic E-state index is 13.9. The van der Waals surface area contributed by atoms with Crippen molar-refractivity contribution >= 4 is 41.4 Å². The number of benzene rings is 1. The summed E-state index contributed by atoms with van der Waals surface area (Å²) >= 11 is 0. The largest absolute Gasteiger partial charge is 0.495 e. The first-order chi connectivity index (χ1) is 15.9. The lowest BCUT2D eigenvalue weighted by molar-refractivity contribution is 0.0995. The van der Waals surface area contributed by atoms with Crippen molar-refractivity contribution in [2.24, 2.45) is 12.8 Å². The van der Waals surface area contributed by atoms with Crippen molar-refractivity contribution in [3.05, 3.63) is 42.2 Å². The third-order valence-corrected chi connectivity index (χ3v) is 10.3. The average Bonchev–Trinajstić information content (AvgIpc) is 3.71. The number of ether oxygens (including phenoxy) is 1. The standard InChI is InChI=1S/C22H26N7O3P/c1-29-10-9-19(28-29)25-20-12-17(21(22(23)30)27-26-20)24-16-8-7-15(11-18(16)32-2)33(31,13-3-4-13)14-5-6-14/h7-14H,3-6H2,1-2H3,(H2,23,30)(H2,24,25,26,28). The molecule has 0 saturated heterocycles. The zero-order chi connectivity index (χ0) is 23.2. The van der Waals surface area contributed by atoms with Gasteiger partial charge in [-0.25, -0.2) is 0 Å². The Morgan fingerprint density at radius 1 is 1.06 bits per heavy atom. The molecule has 0 aliphatic heterocycles. The fourth-order valence-electron chi connectivity index (χ4n) is 4.12. The number of carbonyl (C=O) groups is 1. The van der Waals surface area contributed by atoms with Gasteiger partial charge < -0.3 is 25.7 Å². The van der Waals surface area contributed by atoms with Crippen molar-refractivity contribution in [2.45, 2.75) is 37.0 Å². The van der Waals surface area contributed by atoms with Crippen LogP contribution in [-0.4, -0.2) is 44.3 Å². The van der Waals surface area contributed by atoms with E-state index in [-0.39, 0.29) is 5.69 Å². The molecule has 0 atom stereocenters. The Morgan fingerprint density at radius 3 is 2.36 bits per heavy atom. The lowest BCUT2D eigenvalue weighted by atomic mass is 10.2. The summed E-state index contributed by atoms with van der Waals surface area (Å²) in [5.41, 5.74) is 7.11. The molecule has 2 fully saturated rings. The molecule has 2 aliphatic carbocycles. The molecular formula is C22H26N7O3P. The summed E-state index contributed by atoms with van der Waals surface area (Å²) in [6, 6.07) is 9.03. The van der Waals surface area contributed by atoms with E-state index in [4.69, 9.17) is 10.5 Å². The SMILES string of the molecule is COc1cc(P(=O)(C2CC2)C2CC2)ccc1Nc1cc(Nc2ccn(C)n2)nnc1C(N)=O. The molecule has 172 valence electrons. The molecule has 3 aromatic rings. The number of rotatable bonds is 9. The monoisotopic (exact) mass is 467 g/mol. The van der Waals surface area contributed by atoms with Gasteiger partial charge in [0.05, 0.1) is 18.5 Å². The molecule has 1 aromatic carbocycles. The summed E-state index contributed by atoms with van der Waals surface area (Å²) in [7, 11) is 0.945. The first kappa shape index (κ1) is 21.5. The average molecular weight is 467 g/mol. The number of nitrogens with two attached hydrogens (primary N) is 1. The fourth-order valence-corrected chi connectivity index (χ4v) is 8.02. The predicted molar refractivity (Wildman–Crippen MR) is 127 cm³/mol. The minimum Gasteiger partial charge on any atom is -0.495 e. The van der Waals surface area contributed by atoms with E-state index in [2.05, 4.69) is 25.9 Å². The smallest absolute Gasteiger partial charge is 0.271 e. The van der Waals surface area contributed by atoms with E-state index in [0.717, 1.165) is 31.0 Å². The van der Waals surface area contributed by atoms with Crippen LogP contribution in [0.5, 0.6) is 5.75 Å². The summed E-state index contributed by atoms with van der Waals surface area (Å²) in [6.07, 6.45) is 5.93. The van der Waals surface area contributed by atoms with Gasteiger partial charge in [0.2, 0.25) is 0 Å².